The Morgan fingerprint density at radius 2 is 2.04 bits per heavy atom. The van der Waals surface area contributed by atoms with Crippen molar-refractivity contribution in [2.24, 2.45) is 4.99 Å². The molecule has 2 aliphatic rings. The molecule has 3 heterocycles. The van der Waals surface area contributed by atoms with E-state index in [0.29, 0.717) is 0 Å². The molecule has 0 atom stereocenters. The van der Waals surface area contributed by atoms with Crippen LogP contribution in [0.1, 0.15) is 49.8 Å². The number of rotatable bonds is 5. The standard InChI is InChI=1S/C21H30N6/c1-2-22-21(26-16-13-17-9-5-6-10-18(17)26)23-14-8-12-20-25-24-19-11-4-3-7-15-27(19)20/h5-6,9-10H,2-4,7-8,11-16H2,1H3,(H,22,23). The van der Waals surface area contributed by atoms with Gasteiger partial charge in [0.25, 0.3) is 0 Å². The zero-order valence-corrected chi connectivity index (χ0v) is 16.3. The molecule has 6 heteroatoms. The van der Waals surface area contributed by atoms with Crippen molar-refractivity contribution in [3.8, 4) is 0 Å². The predicted molar refractivity (Wildman–Crippen MR) is 109 cm³/mol. The SMILES string of the molecule is CCNC(=NCCCc1nnc2n1CCCCC2)N1CCc2ccccc21. The summed E-state index contributed by atoms with van der Waals surface area (Å²) in [5, 5.41) is 12.3. The molecule has 2 aromatic rings. The van der Waals surface area contributed by atoms with E-state index in [1.807, 2.05) is 0 Å². The van der Waals surface area contributed by atoms with E-state index in [9.17, 15) is 0 Å². The quantitative estimate of drug-likeness (QED) is 0.502. The molecule has 1 aromatic heterocycles. The van der Waals surface area contributed by atoms with E-state index in [1.165, 1.54) is 36.3 Å². The first-order valence-electron chi connectivity index (χ1n) is 10.4. The second kappa shape index (κ2) is 8.55. The van der Waals surface area contributed by atoms with Crippen LogP contribution < -0.4 is 10.2 Å². The van der Waals surface area contributed by atoms with Gasteiger partial charge in [-0.05, 0) is 44.2 Å². The number of aliphatic imine (C=N–C) groups is 1. The van der Waals surface area contributed by atoms with Crippen LogP contribution >= 0.6 is 0 Å². The Balaban J connectivity index is 1.39. The van der Waals surface area contributed by atoms with Gasteiger partial charge in [0, 0.05) is 44.7 Å². The van der Waals surface area contributed by atoms with Crippen molar-refractivity contribution in [2.75, 3.05) is 24.5 Å². The normalized spacial score (nSPS) is 16.8. The topological polar surface area (TPSA) is 58.3 Å². The smallest absolute Gasteiger partial charge is 0.198 e. The van der Waals surface area contributed by atoms with Crippen molar-refractivity contribution >= 4 is 11.6 Å². The summed E-state index contributed by atoms with van der Waals surface area (Å²) in [6.45, 7) is 5.90. The molecule has 0 fully saturated rings. The molecule has 0 radical (unpaired) electrons. The highest BCUT2D eigenvalue weighted by atomic mass is 15.3. The second-order valence-corrected chi connectivity index (χ2v) is 7.36. The lowest BCUT2D eigenvalue weighted by molar-refractivity contribution is 0.597. The maximum atomic E-state index is 4.90. The van der Waals surface area contributed by atoms with Crippen molar-refractivity contribution in [3.05, 3.63) is 41.5 Å². The van der Waals surface area contributed by atoms with Crippen LogP contribution in [0.25, 0.3) is 0 Å². The van der Waals surface area contributed by atoms with Crippen LogP contribution in [0.4, 0.5) is 5.69 Å². The predicted octanol–water partition coefficient (Wildman–Crippen LogP) is 2.97. The zero-order valence-electron chi connectivity index (χ0n) is 16.3. The summed E-state index contributed by atoms with van der Waals surface area (Å²) in [7, 11) is 0. The molecule has 4 rings (SSSR count). The summed E-state index contributed by atoms with van der Waals surface area (Å²) in [4.78, 5) is 7.22. The maximum Gasteiger partial charge on any atom is 0.198 e. The summed E-state index contributed by atoms with van der Waals surface area (Å²) >= 11 is 0. The van der Waals surface area contributed by atoms with Crippen LogP contribution in [0.3, 0.4) is 0 Å². The zero-order chi connectivity index (χ0) is 18.5. The van der Waals surface area contributed by atoms with E-state index in [2.05, 4.69) is 56.2 Å². The molecule has 2 aliphatic heterocycles. The molecule has 144 valence electrons. The lowest BCUT2D eigenvalue weighted by Gasteiger charge is -2.22. The number of guanidine groups is 1. The maximum absolute atomic E-state index is 4.90. The fourth-order valence-corrected chi connectivity index (χ4v) is 4.11. The number of aromatic nitrogens is 3. The van der Waals surface area contributed by atoms with E-state index in [0.717, 1.165) is 63.6 Å². The second-order valence-electron chi connectivity index (χ2n) is 7.36. The first kappa shape index (κ1) is 18.0. The summed E-state index contributed by atoms with van der Waals surface area (Å²) in [6, 6.07) is 8.64. The van der Waals surface area contributed by atoms with Gasteiger partial charge < -0.3 is 14.8 Å². The molecular weight excluding hydrogens is 336 g/mol. The van der Waals surface area contributed by atoms with Gasteiger partial charge >= 0.3 is 0 Å². The van der Waals surface area contributed by atoms with Gasteiger partial charge in [-0.15, -0.1) is 10.2 Å². The van der Waals surface area contributed by atoms with Gasteiger partial charge in [0.05, 0.1) is 0 Å². The molecule has 0 amide bonds. The fourth-order valence-electron chi connectivity index (χ4n) is 4.11. The minimum absolute atomic E-state index is 0.809. The number of anilines is 1. The highest BCUT2D eigenvalue weighted by molar-refractivity contribution is 5.97. The summed E-state index contributed by atoms with van der Waals surface area (Å²) in [5.74, 6) is 3.31. The van der Waals surface area contributed by atoms with Gasteiger partial charge in [-0.2, -0.15) is 0 Å². The molecule has 0 spiro atoms. The fraction of sp³-hybridized carbons (Fsp3) is 0.571. The molecule has 0 saturated carbocycles. The van der Waals surface area contributed by atoms with E-state index >= 15 is 0 Å². The largest absolute Gasteiger partial charge is 0.356 e. The molecule has 27 heavy (non-hydrogen) atoms. The molecule has 1 N–H and O–H groups in total. The Bertz CT molecular complexity index is 794. The number of nitrogens with zero attached hydrogens (tertiary/aromatic N) is 5. The van der Waals surface area contributed by atoms with E-state index in [1.54, 1.807) is 0 Å². The average Bonchev–Trinajstić information content (AvgIpc) is 3.21. The monoisotopic (exact) mass is 366 g/mol. The molecule has 6 nitrogen and oxygen atoms in total. The first-order chi connectivity index (χ1) is 13.4. The Labute approximate surface area is 161 Å². The lowest BCUT2D eigenvalue weighted by Crippen LogP contribution is -2.40. The number of aryl methyl sites for hydroxylation is 2. The number of hydrogen-bond donors (Lipinski definition) is 1. The number of para-hydroxylation sites is 1. The van der Waals surface area contributed by atoms with Gasteiger partial charge in [0.2, 0.25) is 0 Å². The van der Waals surface area contributed by atoms with Crippen LogP contribution in [0.15, 0.2) is 29.3 Å². The molecule has 0 unspecified atom stereocenters. The molecular formula is C21H30N6. The van der Waals surface area contributed by atoms with E-state index in [-0.39, 0.29) is 0 Å². The Morgan fingerprint density at radius 3 is 2.96 bits per heavy atom. The van der Waals surface area contributed by atoms with Crippen LogP contribution in [-0.4, -0.2) is 40.4 Å². The van der Waals surface area contributed by atoms with Gasteiger partial charge in [0.15, 0.2) is 5.96 Å². The van der Waals surface area contributed by atoms with Crippen molar-refractivity contribution in [1.82, 2.24) is 20.1 Å². The third kappa shape index (κ3) is 3.99. The van der Waals surface area contributed by atoms with Crippen molar-refractivity contribution in [3.63, 3.8) is 0 Å². The summed E-state index contributed by atoms with van der Waals surface area (Å²) < 4.78 is 2.35. The van der Waals surface area contributed by atoms with Gasteiger partial charge in [0.1, 0.15) is 11.6 Å². The van der Waals surface area contributed by atoms with Crippen molar-refractivity contribution in [1.29, 1.82) is 0 Å². The van der Waals surface area contributed by atoms with Crippen LogP contribution in [0.2, 0.25) is 0 Å². The minimum Gasteiger partial charge on any atom is -0.356 e. The molecule has 0 bridgehead atoms. The van der Waals surface area contributed by atoms with Crippen LogP contribution in [-0.2, 0) is 25.8 Å². The Morgan fingerprint density at radius 1 is 1.11 bits per heavy atom. The Hall–Kier alpha value is -2.37. The molecule has 1 aromatic carbocycles. The number of benzene rings is 1. The third-order valence-corrected chi connectivity index (χ3v) is 5.48. The van der Waals surface area contributed by atoms with Gasteiger partial charge in [-0.1, -0.05) is 24.6 Å². The van der Waals surface area contributed by atoms with Crippen molar-refractivity contribution in [2.45, 2.75) is 58.4 Å². The summed E-state index contributed by atoms with van der Waals surface area (Å²) in [6.07, 6.45) is 7.91. The highest BCUT2D eigenvalue weighted by Crippen LogP contribution is 2.27. The average molecular weight is 367 g/mol. The third-order valence-electron chi connectivity index (χ3n) is 5.48. The van der Waals surface area contributed by atoms with Crippen molar-refractivity contribution < 1.29 is 0 Å². The van der Waals surface area contributed by atoms with E-state index < -0.39 is 0 Å². The van der Waals surface area contributed by atoms with Crippen LogP contribution in [0.5, 0.6) is 0 Å². The van der Waals surface area contributed by atoms with Gasteiger partial charge in [-0.3, -0.25) is 4.99 Å². The first-order valence-corrected chi connectivity index (χ1v) is 10.4. The molecule has 0 aliphatic carbocycles. The molecule has 0 saturated heterocycles. The van der Waals surface area contributed by atoms with E-state index in [4.69, 9.17) is 4.99 Å². The number of fused-ring (bicyclic) bond motifs is 2. The lowest BCUT2D eigenvalue weighted by atomic mass is 10.2. The summed E-state index contributed by atoms with van der Waals surface area (Å²) in [5.41, 5.74) is 2.70. The van der Waals surface area contributed by atoms with Gasteiger partial charge in [-0.25, -0.2) is 0 Å². The minimum atomic E-state index is 0.809. The highest BCUT2D eigenvalue weighted by Gasteiger charge is 2.22. The number of hydrogen-bond acceptors (Lipinski definition) is 3. The van der Waals surface area contributed by atoms with Crippen LogP contribution in [0, 0.1) is 0 Å². The number of nitrogens with one attached hydrogen (secondary N) is 1. The Kier molecular flexibility index (Phi) is 5.70.